The zero-order valence-electron chi connectivity index (χ0n) is 12.9. The van der Waals surface area contributed by atoms with Gasteiger partial charge in [-0.15, -0.1) is 11.8 Å². The predicted molar refractivity (Wildman–Crippen MR) is 92.4 cm³/mol. The van der Waals surface area contributed by atoms with Crippen LogP contribution >= 0.6 is 11.8 Å². The van der Waals surface area contributed by atoms with E-state index in [1.165, 1.54) is 10.5 Å². The summed E-state index contributed by atoms with van der Waals surface area (Å²) in [6, 6.07) is 16.2. The molecule has 0 unspecified atom stereocenters. The summed E-state index contributed by atoms with van der Waals surface area (Å²) >= 11 is 1.76. The fourth-order valence-electron chi connectivity index (χ4n) is 2.72. The number of nitrogens with one attached hydrogen (secondary N) is 1. The van der Waals surface area contributed by atoms with Gasteiger partial charge in [-0.1, -0.05) is 30.3 Å². The van der Waals surface area contributed by atoms with Crippen LogP contribution in [0, 0.1) is 0 Å². The molecule has 1 aliphatic heterocycles. The quantitative estimate of drug-likeness (QED) is 0.936. The molecule has 0 saturated carbocycles. The molecule has 0 aliphatic carbocycles. The van der Waals surface area contributed by atoms with Crippen molar-refractivity contribution in [1.82, 2.24) is 4.90 Å². The van der Waals surface area contributed by atoms with Crippen LogP contribution in [-0.4, -0.2) is 30.7 Å². The monoisotopic (exact) mass is 312 g/mol. The Morgan fingerprint density at radius 1 is 1.23 bits per heavy atom. The lowest BCUT2D eigenvalue weighted by atomic mass is 10.0. The summed E-state index contributed by atoms with van der Waals surface area (Å²) in [5.41, 5.74) is 3.22. The standard InChI is InChI=1S/C18H20N2OS/c1-20(2)11-13-6-5-7-14(10-13)19-18(21)16-12-22-17-9-4-3-8-15(16)17/h3-10,16H,11-12H2,1-2H3,(H,19,21)/t16-/m0/s1. The van der Waals surface area contributed by atoms with Gasteiger partial charge >= 0.3 is 0 Å². The zero-order chi connectivity index (χ0) is 15.5. The lowest BCUT2D eigenvalue weighted by Gasteiger charge is -2.14. The molecular weight excluding hydrogens is 292 g/mol. The third-order valence-electron chi connectivity index (χ3n) is 3.71. The van der Waals surface area contributed by atoms with E-state index in [0.29, 0.717) is 0 Å². The number of anilines is 1. The molecule has 1 atom stereocenters. The summed E-state index contributed by atoms with van der Waals surface area (Å²) in [6.45, 7) is 0.867. The van der Waals surface area contributed by atoms with E-state index < -0.39 is 0 Å². The molecule has 0 spiro atoms. The van der Waals surface area contributed by atoms with Crippen molar-refractivity contribution in [3.63, 3.8) is 0 Å². The van der Waals surface area contributed by atoms with Crippen molar-refractivity contribution < 1.29 is 4.79 Å². The molecule has 1 heterocycles. The maximum Gasteiger partial charge on any atom is 0.232 e. The van der Waals surface area contributed by atoms with Gasteiger partial charge < -0.3 is 10.2 Å². The van der Waals surface area contributed by atoms with E-state index in [1.807, 2.05) is 44.4 Å². The van der Waals surface area contributed by atoms with Gasteiger partial charge in [0, 0.05) is 22.9 Å². The first-order valence-electron chi connectivity index (χ1n) is 7.40. The Bertz CT molecular complexity index is 684. The van der Waals surface area contributed by atoms with Gasteiger partial charge in [-0.2, -0.15) is 0 Å². The third kappa shape index (κ3) is 3.34. The lowest BCUT2D eigenvalue weighted by molar-refractivity contribution is -0.117. The highest BCUT2D eigenvalue weighted by atomic mass is 32.2. The smallest absolute Gasteiger partial charge is 0.232 e. The number of rotatable bonds is 4. The van der Waals surface area contributed by atoms with Crippen LogP contribution in [0.15, 0.2) is 53.4 Å². The Labute approximate surface area is 135 Å². The number of benzene rings is 2. The molecule has 0 fully saturated rings. The molecule has 3 rings (SSSR count). The molecule has 3 nitrogen and oxygen atoms in total. The summed E-state index contributed by atoms with van der Waals surface area (Å²) in [5.74, 6) is 0.848. The average molecular weight is 312 g/mol. The predicted octanol–water partition coefficient (Wildman–Crippen LogP) is 3.58. The number of hydrogen-bond acceptors (Lipinski definition) is 3. The lowest BCUT2D eigenvalue weighted by Crippen LogP contribution is -2.21. The Kier molecular flexibility index (Phi) is 4.50. The zero-order valence-corrected chi connectivity index (χ0v) is 13.7. The number of hydrogen-bond donors (Lipinski definition) is 1. The number of thioether (sulfide) groups is 1. The Balaban J connectivity index is 1.73. The first-order valence-corrected chi connectivity index (χ1v) is 8.38. The largest absolute Gasteiger partial charge is 0.326 e. The fraction of sp³-hybridized carbons (Fsp3) is 0.278. The molecule has 0 radical (unpaired) electrons. The van der Waals surface area contributed by atoms with Gasteiger partial charge in [-0.3, -0.25) is 4.79 Å². The average Bonchev–Trinajstić information content (AvgIpc) is 2.91. The highest BCUT2D eigenvalue weighted by molar-refractivity contribution is 7.99. The van der Waals surface area contributed by atoms with E-state index in [-0.39, 0.29) is 11.8 Å². The van der Waals surface area contributed by atoms with Crippen molar-refractivity contribution >= 4 is 23.4 Å². The van der Waals surface area contributed by atoms with Crippen LogP contribution in [-0.2, 0) is 11.3 Å². The molecular formula is C18H20N2OS. The van der Waals surface area contributed by atoms with Gasteiger partial charge in [0.05, 0.1) is 5.92 Å². The molecule has 1 amide bonds. The summed E-state index contributed by atoms with van der Waals surface area (Å²) < 4.78 is 0. The van der Waals surface area contributed by atoms with E-state index in [4.69, 9.17) is 0 Å². The minimum absolute atomic E-state index is 0.0568. The van der Waals surface area contributed by atoms with Crippen molar-refractivity contribution in [2.75, 3.05) is 25.2 Å². The summed E-state index contributed by atoms with van der Waals surface area (Å²) in [6.07, 6.45) is 0. The van der Waals surface area contributed by atoms with Gasteiger partial charge in [-0.05, 0) is 43.4 Å². The molecule has 0 bridgehead atoms. The highest BCUT2D eigenvalue weighted by Gasteiger charge is 2.28. The Morgan fingerprint density at radius 3 is 2.86 bits per heavy atom. The van der Waals surface area contributed by atoms with E-state index in [2.05, 4.69) is 28.4 Å². The first-order chi connectivity index (χ1) is 10.6. The molecule has 1 aliphatic rings. The number of amides is 1. The van der Waals surface area contributed by atoms with E-state index >= 15 is 0 Å². The van der Waals surface area contributed by atoms with Crippen molar-refractivity contribution in [2.45, 2.75) is 17.4 Å². The Hall–Kier alpha value is -1.78. The maximum absolute atomic E-state index is 12.6. The normalized spacial score (nSPS) is 16.6. The molecule has 0 saturated heterocycles. The van der Waals surface area contributed by atoms with Crippen LogP contribution in [0.5, 0.6) is 0 Å². The SMILES string of the molecule is CN(C)Cc1cccc(NC(=O)[C@H]2CSc3ccccc32)c1. The second-order valence-electron chi connectivity index (χ2n) is 5.83. The van der Waals surface area contributed by atoms with Crippen LogP contribution in [0.1, 0.15) is 17.0 Å². The van der Waals surface area contributed by atoms with Crippen LogP contribution in [0.3, 0.4) is 0 Å². The van der Waals surface area contributed by atoms with Crippen LogP contribution < -0.4 is 5.32 Å². The summed E-state index contributed by atoms with van der Waals surface area (Å²) in [7, 11) is 4.08. The van der Waals surface area contributed by atoms with Gasteiger partial charge in [0.15, 0.2) is 0 Å². The van der Waals surface area contributed by atoms with Gasteiger partial charge in [-0.25, -0.2) is 0 Å². The molecule has 2 aromatic rings. The number of fused-ring (bicyclic) bond motifs is 1. The van der Waals surface area contributed by atoms with E-state index in [1.54, 1.807) is 11.8 Å². The molecule has 114 valence electrons. The van der Waals surface area contributed by atoms with Crippen LogP contribution in [0.25, 0.3) is 0 Å². The van der Waals surface area contributed by atoms with Gasteiger partial charge in [0.2, 0.25) is 5.91 Å². The van der Waals surface area contributed by atoms with E-state index in [0.717, 1.165) is 23.5 Å². The van der Waals surface area contributed by atoms with Crippen molar-refractivity contribution in [2.24, 2.45) is 0 Å². The molecule has 4 heteroatoms. The minimum Gasteiger partial charge on any atom is -0.326 e. The maximum atomic E-state index is 12.6. The van der Waals surface area contributed by atoms with Crippen molar-refractivity contribution in [1.29, 1.82) is 0 Å². The van der Waals surface area contributed by atoms with E-state index in [9.17, 15) is 4.79 Å². The Morgan fingerprint density at radius 2 is 2.05 bits per heavy atom. The fourth-order valence-corrected chi connectivity index (χ4v) is 3.95. The molecule has 2 aromatic carbocycles. The second-order valence-corrected chi connectivity index (χ2v) is 6.89. The molecule has 22 heavy (non-hydrogen) atoms. The summed E-state index contributed by atoms with van der Waals surface area (Å²) in [4.78, 5) is 15.9. The third-order valence-corrected chi connectivity index (χ3v) is 4.89. The van der Waals surface area contributed by atoms with Crippen molar-refractivity contribution in [3.05, 3.63) is 59.7 Å². The van der Waals surface area contributed by atoms with Gasteiger partial charge in [0.25, 0.3) is 0 Å². The first kappa shape index (κ1) is 15.1. The molecule has 1 N–H and O–H groups in total. The number of nitrogens with zero attached hydrogens (tertiary/aromatic N) is 1. The molecule has 0 aromatic heterocycles. The summed E-state index contributed by atoms with van der Waals surface area (Å²) in [5, 5.41) is 3.07. The van der Waals surface area contributed by atoms with Crippen LogP contribution in [0.2, 0.25) is 0 Å². The number of carbonyl (C=O) groups excluding carboxylic acids is 1. The topological polar surface area (TPSA) is 32.3 Å². The second kappa shape index (κ2) is 6.55. The minimum atomic E-state index is -0.0568. The number of carbonyl (C=O) groups is 1. The van der Waals surface area contributed by atoms with Crippen molar-refractivity contribution in [3.8, 4) is 0 Å². The van der Waals surface area contributed by atoms with Gasteiger partial charge in [0.1, 0.15) is 0 Å². The van der Waals surface area contributed by atoms with Crippen LogP contribution in [0.4, 0.5) is 5.69 Å². The highest BCUT2D eigenvalue weighted by Crippen LogP contribution is 2.39.